The van der Waals surface area contributed by atoms with Crippen LogP contribution in [-0.4, -0.2) is 4.92 Å². The fraction of sp³-hybridized carbons (Fsp3) is 0.0833. The second-order valence-electron chi connectivity index (χ2n) is 6.73. The number of nitrogens with zero attached hydrogens (tertiary/aromatic N) is 1. The predicted molar refractivity (Wildman–Crippen MR) is 114 cm³/mol. The van der Waals surface area contributed by atoms with E-state index in [4.69, 9.17) is 0 Å². The molecule has 4 rings (SSSR count). The highest BCUT2D eigenvalue weighted by atomic mass is 16.6. The largest absolute Gasteiger partial charge is 0.355 e. The summed E-state index contributed by atoms with van der Waals surface area (Å²) in [4.78, 5) is 10.4. The fourth-order valence-corrected chi connectivity index (χ4v) is 3.44. The quantitative estimate of drug-likeness (QED) is 0.322. The first-order chi connectivity index (χ1) is 13.7. The van der Waals surface area contributed by atoms with Gasteiger partial charge in [0, 0.05) is 28.9 Å². The third kappa shape index (κ3) is 3.86. The van der Waals surface area contributed by atoms with Crippen LogP contribution >= 0.6 is 0 Å². The fourth-order valence-electron chi connectivity index (χ4n) is 3.44. The SMILES string of the molecule is O=[N+]([O-])c1ccc(CCc2cccc3c(Nc4ccccc4)cccc23)cc1. The van der Waals surface area contributed by atoms with E-state index < -0.39 is 0 Å². The van der Waals surface area contributed by atoms with Crippen LogP contribution in [0.15, 0.2) is 91.0 Å². The molecule has 4 aromatic carbocycles. The number of nitro benzene ring substituents is 1. The topological polar surface area (TPSA) is 55.2 Å². The van der Waals surface area contributed by atoms with E-state index in [9.17, 15) is 10.1 Å². The van der Waals surface area contributed by atoms with Crippen molar-refractivity contribution in [1.29, 1.82) is 0 Å². The molecule has 4 aromatic rings. The van der Waals surface area contributed by atoms with E-state index in [1.54, 1.807) is 12.1 Å². The molecule has 0 heterocycles. The van der Waals surface area contributed by atoms with Crippen molar-refractivity contribution in [3.63, 3.8) is 0 Å². The van der Waals surface area contributed by atoms with Gasteiger partial charge in [0.05, 0.1) is 4.92 Å². The summed E-state index contributed by atoms with van der Waals surface area (Å²) in [5.74, 6) is 0. The van der Waals surface area contributed by atoms with Crippen molar-refractivity contribution in [2.45, 2.75) is 12.8 Å². The van der Waals surface area contributed by atoms with Gasteiger partial charge >= 0.3 is 0 Å². The second-order valence-corrected chi connectivity index (χ2v) is 6.73. The number of nitro groups is 1. The minimum atomic E-state index is -0.365. The molecule has 0 spiro atoms. The first-order valence-corrected chi connectivity index (χ1v) is 9.27. The first kappa shape index (κ1) is 17.7. The van der Waals surface area contributed by atoms with Crippen molar-refractivity contribution in [1.82, 2.24) is 0 Å². The molecule has 138 valence electrons. The van der Waals surface area contributed by atoms with Crippen molar-refractivity contribution in [2.24, 2.45) is 0 Å². The zero-order chi connectivity index (χ0) is 19.3. The zero-order valence-corrected chi connectivity index (χ0v) is 15.3. The Bertz CT molecular complexity index is 1110. The molecule has 0 amide bonds. The molecule has 0 bridgehead atoms. The normalized spacial score (nSPS) is 10.7. The van der Waals surface area contributed by atoms with Gasteiger partial charge in [-0.1, -0.05) is 60.7 Å². The van der Waals surface area contributed by atoms with E-state index in [0.29, 0.717) is 0 Å². The van der Waals surface area contributed by atoms with E-state index >= 15 is 0 Å². The van der Waals surface area contributed by atoms with Gasteiger partial charge in [-0.25, -0.2) is 0 Å². The molecular formula is C24H20N2O2. The Kier molecular flexibility index (Phi) is 5.02. The number of benzene rings is 4. The number of fused-ring (bicyclic) bond motifs is 1. The van der Waals surface area contributed by atoms with Crippen LogP contribution in [0.2, 0.25) is 0 Å². The molecule has 0 unspecified atom stereocenters. The molecule has 0 aliphatic rings. The van der Waals surface area contributed by atoms with Crippen molar-refractivity contribution in [3.8, 4) is 0 Å². The van der Waals surface area contributed by atoms with Gasteiger partial charge < -0.3 is 5.32 Å². The molecule has 0 saturated carbocycles. The third-order valence-electron chi connectivity index (χ3n) is 4.90. The molecule has 1 N–H and O–H groups in total. The summed E-state index contributed by atoms with van der Waals surface area (Å²) in [5.41, 5.74) is 4.64. The van der Waals surface area contributed by atoms with Gasteiger partial charge in [0.25, 0.3) is 5.69 Å². The predicted octanol–water partition coefficient (Wildman–Crippen LogP) is 6.28. The summed E-state index contributed by atoms with van der Waals surface area (Å²) in [5, 5.41) is 16.7. The van der Waals surface area contributed by atoms with Crippen LogP contribution in [-0.2, 0) is 12.8 Å². The van der Waals surface area contributed by atoms with Crippen molar-refractivity contribution < 1.29 is 4.92 Å². The van der Waals surface area contributed by atoms with E-state index in [0.717, 1.165) is 29.8 Å². The van der Waals surface area contributed by atoms with Gasteiger partial charge in [0.1, 0.15) is 0 Å². The van der Waals surface area contributed by atoms with Crippen LogP contribution in [0.25, 0.3) is 10.8 Å². The minimum Gasteiger partial charge on any atom is -0.355 e. The van der Waals surface area contributed by atoms with Crippen LogP contribution in [0.3, 0.4) is 0 Å². The second kappa shape index (κ2) is 7.92. The summed E-state index contributed by atoms with van der Waals surface area (Å²) in [6, 6.07) is 29.7. The van der Waals surface area contributed by atoms with Gasteiger partial charge in [-0.3, -0.25) is 10.1 Å². The summed E-state index contributed by atoms with van der Waals surface area (Å²) >= 11 is 0. The first-order valence-electron chi connectivity index (χ1n) is 9.27. The number of anilines is 2. The summed E-state index contributed by atoms with van der Waals surface area (Å²) < 4.78 is 0. The standard InChI is InChI=1S/C24H20N2O2/c27-26(28)21-16-13-18(14-17-21)12-15-19-6-4-10-23-22(19)9-5-11-24(23)25-20-7-2-1-3-8-20/h1-11,13-14,16-17,25H,12,15H2. The molecule has 0 aromatic heterocycles. The van der Waals surface area contributed by atoms with Crippen LogP contribution in [0.4, 0.5) is 17.1 Å². The van der Waals surface area contributed by atoms with E-state index in [-0.39, 0.29) is 10.6 Å². The van der Waals surface area contributed by atoms with Crippen LogP contribution in [0, 0.1) is 10.1 Å². The van der Waals surface area contributed by atoms with Crippen LogP contribution < -0.4 is 5.32 Å². The molecule has 0 fully saturated rings. The van der Waals surface area contributed by atoms with Crippen LogP contribution in [0.1, 0.15) is 11.1 Å². The van der Waals surface area contributed by atoms with Crippen LogP contribution in [0.5, 0.6) is 0 Å². The lowest BCUT2D eigenvalue weighted by Gasteiger charge is -2.12. The maximum Gasteiger partial charge on any atom is 0.269 e. The lowest BCUT2D eigenvalue weighted by Crippen LogP contribution is -1.96. The maximum atomic E-state index is 10.8. The Labute approximate surface area is 163 Å². The number of rotatable bonds is 6. The lowest BCUT2D eigenvalue weighted by atomic mass is 9.97. The monoisotopic (exact) mass is 368 g/mol. The van der Waals surface area contributed by atoms with Crippen molar-refractivity contribution >= 4 is 27.8 Å². The number of hydrogen-bond acceptors (Lipinski definition) is 3. The minimum absolute atomic E-state index is 0.130. The molecule has 0 saturated heterocycles. The summed E-state index contributed by atoms with van der Waals surface area (Å²) in [6.07, 6.45) is 1.72. The third-order valence-corrected chi connectivity index (χ3v) is 4.90. The Balaban J connectivity index is 1.58. The molecule has 0 aliphatic heterocycles. The molecule has 4 heteroatoms. The molecule has 0 atom stereocenters. The van der Waals surface area contributed by atoms with E-state index in [1.165, 1.54) is 16.3 Å². The van der Waals surface area contributed by atoms with E-state index in [2.05, 4.69) is 53.8 Å². The Morgan fingerprint density at radius 2 is 1.43 bits per heavy atom. The Morgan fingerprint density at radius 3 is 2.18 bits per heavy atom. The van der Waals surface area contributed by atoms with E-state index in [1.807, 2.05) is 30.3 Å². The molecule has 4 nitrogen and oxygen atoms in total. The number of aryl methyl sites for hydroxylation is 2. The van der Waals surface area contributed by atoms with Crippen molar-refractivity contribution in [3.05, 3.63) is 112 Å². The maximum absolute atomic E-state index is 10.8. The molecular weight excluding hydrogens is 348 g/mol. The number of nitrogens with one attached hydrogen (secondary N) is 1. The Hall–Kier alpha value is -3.66. The average molecular weight is 368 g/mol. The van der Waals surface area contributed by atoms with Gasteiger partial charge in [-0.15, -0.1) is 0 Å². The molecule has 0 radical (unpaired) electrons. The molecule has 0 aliphatic carbocycles. The highest BCUT2D eigenvalue weighted by Crippen LogP contribution is 2.29. The van der Waals surface area contributed by atoms with Gasteiger partial charge in [0.15, 0.2) is 0 Å². The Morgan fingerprint density at radius 1 is 0.714 bits per heavy atom. The number of para-hydroxylation sites is 1. The highest BCUT2D eigenvalue weighted by molar-refractivity contribution is 5.97. The summed E-state index contributed by atoms with van der Waals surface area (Å²) in [7, 11) is 0. The van der Waals surface area contributed by atoms with Gasteiger partial charge in [0.2, 0.25) is 0 Å². The van der Waals surface area contributed by atoms with Gasteiger partial charge in [-0.2, -0.15) is 0 Å². The average Bonchev–Trinajstić information content (AvgIpc) is 2.73. The smallest absolute Gasteiger partial charge is 0.269 e. The lowest BCUT2D eigenvalue weighted by molar-refractivity contribution is -0.384. The summed E-state index contributed by atoms with van der Waals surface area (Å²) in [6.45, 7) is 0. The number of hydrogen-bond donors (Lipinski definition) is 1. The number of non-ortho nitro benzene ring substituents is 1. The zero-order valence-electron chi connectivity index (χ0n) is 15.3. The van der Waals surface area contributed by atoms with Gasteiger partial charge in [-0.05, 0) is 47.6 Å². The molecule has 28 heavy (non-hydrogen) atoms. The van der Waals surface area contributed by atoms with Crippen molar-refractivity contribution in [2.75, 3.05) is 5.32 Å². The highest BCUT2D eigenvalue weighted by Gasteiger charge is 2.07.